The van der Waals surface area contributed by atoms with Gasteiger partial charge in [0, 0.05) is 6.92 Å². The van der Waals surface area contributed by atoms with Gasteiger partial charge in [0.2, 0.25) is 5.91 Å². The number of nitrogens with zero attached hydrogens (tertiary/aromatic N) is 2. The van der Waals surface area contributed by atoms with Gasteiger partial charge in [-0.05, 0) is 31.5 Å². The first-order valence-electron chi connectivity index (χ1n) is 8.42. The molecule has 0 radical (unpaired) electrons. The molecule has 0 saturated heterocycles. The number of aliphatic hydroxyl groups excluding tert-OH is 1. The molecule has 2 atom stereocenters. The number of aliphatic hydroxyl groups is 1. The monoisotopic (exact) mass is 337 g/mol. The summed E-state index contributed by atoms with van der Waals surface area (Å²) in [7, 11) is 0. The number of benzene rings is 2. The zero-order valence-corrected chi connectivity index (χ0v) is 14.7. The van der Waals surface area contributed by atoms with Gasteiger partial charge in [0.15, 0.2) is 0 Å². The van der Waals surface area contributed by atoms with Crippen LogP contribution in [0.4, 0.5) is 0 Å². The minimum absolute atomic E-state index is 0.106. The van der Waals surface area contributed by atoms with Crippen molar-refractivity contribution in [3.05, 3.63) is 65.5 Å². The van der Waals surface area contributed by atoms with Crippen LogP contribution in [0.3, 0.4) is 0 Å². The smallest absolute Gasteiger partial charge is 0.217 e. The molecule has 0 aliphatic rings. The van der Waals surface area contributed by atoms with Gasteiger partial charge in [0.25, 0.3) is 0 Å². The summed E-state index contributed by atoms with van der Waals surface area (Å²) in [6, 6.07) is 15.4. The van der Waals surface area contributed by atoms with Gasteiger partial charge in [-0.2, -0.15) is 0 Å². The molecule has 0 aliphatic heterocycles. The average Bonchev–Trinajstić information content (AvgIpc) is 2.94. The van der Waals surface area contributed by atoms with Gasteiger partial charge in [0.05, 0.1) is 29.7 Å². The molecule has 2 N–H and O–H groups in total. The Bertz CT molecular complexity index is 884. The lowest BCUT2D eigenvalue weighted by molar-refractivity contribution is -0.119. The van der Waals surface area contributed by atoms with Crippen molar-refractivity contribution in [3.63, 3.8) is 0 Å². The molecule has 0 spiro atoms. The van der Waals surface area contributed by atoms with Crippen molar-refractivity contribution in [2.24, 2.45) is 0 Å². The molecular formula is C20H23N3O2. The number of fused-ring (bicyclic) bond motifs is 1. The minimum Gasteiger partial charge on any atom is -0.387 e. The number of hydrogen-bond acceptors (Lipinski definition) is 3. The molecule has 130 valence electrons. The Morgan fingerprint density at radius 1 is 1.20 bits per heavy atom. The zero-order valence-electron chi connectivity index (χ0n) is 14.7. The first kappa shape index (κ1) is 17.2. The maximum absolute atomic E-state index is 11.4. The van der Waals surface area contributed by atoms with Gasteiger partial charge in [0.1, 0.15) is 5.82 Å². The van der Waals surface area contributed by atoms with E-state index < -0.39 is 6.10 Å². The highest BCUT2D eigenvalue weighted by Crippen LogP contribution is 2.24. The Morgan fingerprint density at radius 2 is 1.88 bits per heavy atom. The van der Waals surface area contributed by atoms with Crippen LogP contribution in [0.1, 0.15) is 42.9 Å². The van der Waals surface area contributed by atoms with Gasteiger partial charge in [-0.15, -0.1) is 0 Å². The summed E-state index contributed by atoms with van der Waals surface area (Å²) in [4.78, 5) is 16.1. The van der Waals surface area contributed by atoms with Crippen LogP contribution >= 0.6 is 0 Å². The number of amides is 1. The van der Waals surface area contributed by atoms with Crippen molar-refractivity contribution >= 4 is 16.9 Å². The van der Waals surface area contributed by atoms with Gasteiger partial charge in [-0.3, -0.25) is 4.79 Å². The molecule has 2 aromatic carbocycles. The highest BCUT2D eigenvalue weighted by atomic mass is 16.3. The third-order valence-corrected chi connectivity index (χ3v) is 4.31. The van der Waals surface area contributed by atoms with Gasteiger partial charge in [-0.25, -0.2) is 4.98 Å². The van der Waals surface area contributed by atoms with E-state index in [0.717, 1.165) is 28.0 Å². The molecular weight excluding hydrogens is 314 g/mol. The summed E-state index contributed by atoms with van der Waals surface area (Å²) in [5, 5.41) is 13.6. The van der Waals surface area contributed by atoms with E-state index >= 15 is 0 Å². The minimum atomic E-state index is -0.651. The van der Waals surface area contributed by atoms with Crippen molar-refractivity contribution in [2.45, 2.75) is 39.5 Å². The predicted octanol–water partition coefficient (Wildman–Crippen LogP) is 3.28. The number of aromatic nitrogens is 2. The van der Waals surface area contributed by atoms with Crippen molar-refractivity contribution in [3.8, 4) is 0 Å². The van der Waals surface area contributed by atoms with Crippen LogP contribution in [0.2, 0.25) is 0 Å². The van der Waals surface area contributed by atoms with E-state index in [1.807, 2.05) is 66.9 Å². The summed E-state index contributed by atoms with van der Waals surface area (Å²) in [5.41, 5.74) is 3.82. The first-order chi connectivity index (χ1) is 12.0. The standard InChI is InChI=1S/C20H23N3O2/c1-13-8-10-16(11-9-13)19(25)12-23-18-7-5-4-6-17(18)22-20(23)14(2)21-15(3)24/h4-11,14,19,25H,12H2,1-3H3,(H,21,24)/t14-,19?/m0/s1. The Morgan fingerprint density at radius 3 is 2.56 bits per heavy atom. The van der Waals surface area contributed by atoms with Crippen molar-refractivity contribution in [1.29, 1.82) is 0 Å². The van der Waals surface area contributed by atoms with Gasteiger partial charge < -0.3 is 15.0 Å². The van der Waals surface area contributed by atoms with E-state index in [4.69, 9.17) is 0 Å². The highest BCUT2D eigenvalue weighted by Gasteiger charge is 2.19. The molecule has 5 nitrogen and oxygen atoms in total. The van der Waals surface area contributed by atoms with Crippen LogP contribution < -0.4 is 5.32 Å². The number of carbonyl (C=O) groups is 1. The lowest BCUT2D eigenvalue weighted by Gasteiger charge is -2.18. The lowest BCUT2D eigenvalue weighted by atomic mass is 10.1. The number of imidazole rings is 1. The molecule has 0 bridgehead atoms. The Kier molecular flexibility index (Phi) is 4.86. The van der Waals surface area contributed by atoms with E-state index in [2.05, 4.69) is 10.3 Å². The Labute approximate surface area is 147 Å². The van der Waals surface area contributed by atoms with Crippen LogP contribution in [0.5, 0.6) is 0 Å². The summed E-state index contributed by atoms with van der Waals surface area (Å²) in [6.45, 7) is 5.79. The zero-order chi connectivity index (χ0) is 18.0. The van der Waals surface area contributed by atoms with Crippen LogP contribution in [-0.2, 0) is 11.3 Å². The van der Waals surface area contributed by atoms with Crippen molar-refractivity contribution < 1.29 is 9.90 Å². The number of carbonyl (C=O) groups excluding carboxylic acids is 1. The van der Waals surface area contributed by atoms with Gasteiger partial charge >= 0.3 is 0 Å². The van der Waals surface area contributed by atoms with E-state index in [1.165, 1.54) is 6.92 Å². The Hall–Kier alpha value is -2.66. The predicted molar refractivity (Wildman–Crippen MR) is 98.1 cm³/mol. The largest absolute Gasteiger partial charge is 0.387 e. The van der Waals surface area contributed by atoms with E-state index in [1.54, 1.807) is 0 Å². The van der Waals surface area contributed by atoms with E-state index in [9.17, 15) is 9.90 Å². The van der Waals surface area contributed by atoms with Crippen LogP contribution in [0.25, 0.3) is 11.0 Å². The van der Waals surface area contributed by atoms with E-state index in [-0.39, 0.29) is 11.9 Å². The Balaban J connectivity index is 1.98. The summed E-state index contributed by atoms with van der Waals surface area (Å²) >= 11 is 0. The second kappa shape index (κ2) is 7.07. The average molecular weight is 337 g/mol. The second-order valence-corrected chi connectivity index (χ2v) is 6.42. The van der Waals surface area contributed by atoms with Crippen LogP contribution in [0.15, 0.2) is 48.5 Å². The molecule has 1 unspecified atom stereocenters. The molecule has 25 heavy (non-hydrogen) atoms. The molecule has 3 aromatic rings. The first-order valence-corrected chi connectivity index (χ1v) is 8.42. The van der Waals surface area contributed by atoms with Gasteiger partial charge in [-0.1, -0.05) is 42.0 Å². The molecule has 0 aliphatic carbocycles. The van der Waals surface area contributed by atoms with Crippen LogP contribution in [0, 0.1) is 6.92 Å². The summed E-state index contributed by atoms with van der Waals surface area (Å²) < 4.78 is 1.99. The fourth-order valence-electron chi connectivity index (χ4n) is 3.05. The number of hydrogen-bond donors (Lipinski definition) is 2. The second-order valence-electron chi connectivity index (χ2n) is 6.42. The maximum atomic E-state index is 11.4. The molecule has 1 aromatic heterocycles. The third kappa shape index (κ3) is 3.72. The molecule has 5 heteroatoms. The highest BCUT2D eigenvalue weighted by molar-refractivity contribution is 5.77. The lowest BCUT2D eigenvalue weighted by Crippen LogP contribution is -2.27. The SMILES string of the molecule is CC(=O)N[C@@H](C)c1nc2ccccc2n1CC(O)c1ccc(C)cc1. The maximum Gasteiger partial charge on any atom is 0.217 e. The molecule has 1 amide bonds. The summed E-state index contributed by atoms with van der Waals surface area (Å²) in [5.74, 6) is 0.632. The van der Waals surface area contributed by atoms with Crippen LogP contribution in [-0.4, -0.2) is 20.6 Å². The topological polar surface area (TPSA) is 67.2 Å². The summed E-state index contributed by atoms with van der Waals surface area (Å²) in [6.07, 6.45) is -0.651. The normalized spacial score (nSPS) is 13.6. The number of para-hydroxylation sites is 2. The fourth-order valence-corrected chi connectivity index (χ4v) is 3.05. The third-order valence-electron chi connectivity index (χ3n) is 4.31. The fraction of sp³-hybridized carbons (Fsp3) is 0.300. The molecule has 0 saturated carbocycles. The van der Waals surface area contributed by atoms with Crippen molar-refractivity contribution in [1.82, 2.24) is 14.9 Å². The molecule has 1 heterocycles. The molecule has 3 rings (SSSR count). The van der Waals surface area contributed by atoms with Crippen molar-refractivity contribution in [2.75, 3.05) is 0 Å². The quantitative estimate of drug-likeness (QED) is 0.751. The number of aryl methyl sites for hydroxylation is 1. The number of nitrogens with one attached hydrogen (secondary N) is 1. The van der Waals surface area contributed by atoms with E-state index in [0.29, 0.717) is 6.54 Å². The number of rotatable bonds is 5. The molecule has 0 fully saturated rings.